The summed E-state index contributed by atoms with van der Waals surface area (Å²) in [5.41, 5.74) is 7.81. The Morgan fingerprint density at radius 1 is 1.10 bits per heavy atom. The van der Waals surface area contributed by atoms with Gasteiger partial charge >= 0.3 is 6.18 Å². The Hall–Kier alpha value is -3.22. The van der Waals surface area contributed by atoms with Gasteiger partial charge in [-0.05, 0) is 78.6 Å². The number of rotatable bonds is 10. The van der Waals surface area contributed by atoms with Crippen LogP contribution in [0.3, 0.4) is 0 Å². The predicted octanol–water partition coefficient (Wildman–Crippen LogP) is 7.50. The first-order chi connectivity index (χ1) is 19.4. The van der Waals surface area contributed by atoms with E-state index in [1.807, 2.05) is 0 Å². The Morgan fingerprint density at radius 3 is 2.39 bits per heavy atom. The molecule has 12 heteroatoms. The van der Waals surface area contributed by atoms with Gasteiger partial charge in [0.15, 0.2) is 0 Å². The van der Waals surface area contributed by atoms with Crippen LogP contribution < -0.4 is 10.0 Å². The molecular weight excluding hydrogens is 628 g/mol. The highest BCUT2D eigenvalue weighted by atomic mass is 79.9. The van der Waals surface area contributed by atoms with Crippen molar-refractivity contribution in [3.05, 3.63) is 98.5 Å². The van der Waals surface area contributed by atoms with Gasteiger partial charge in [-0.3, -0.25) is 13.7 Å². The third kappa shape index (κ3) is 6.49. The van der Waals surface area contributed by atoms with E-state index in [2.05, 4.69) is 15.9 Å². The van der Waals surface area contributed by atoms with Crippen molar-refractivity contribution in [2.75, 3.05) is 10.8 Å². The van der Waals surface area contributed by atoms with Crippen LogP contribution in [0.5, 0.6) is 0 Å². The zero-order valence-corrected chi connectivity index (χ0v) is 23.9. The summed E-state index contributed by atoms with van der Waals surface area (Å²) in [6.45, 7) is 0.0809. The van der Waals surface area contributed by atoms with Crippen molar-refractivity contribution in [1.29, 1.82) is 0 Å². The normalized spacial score (nSPS) is 14.4. The summed E-state index contributed by atoms with van der Waals surface area (Å²) in [7, 11) is 0. The highest BCUT2D eigenvalue weighted by Crippen LogP contribution is 2.47. The van der Waals surface area contributed by atoms with Crippen molar-refractivity contribution >= 4 is 49.8 Å². The van der Waals surface area contributed by atoms with Gasteiger partial charge in [0.2, 0.25) is 0 Å². The van der Waals surface area contributed by atoms with Crippen LogP contribution in [-0.2, 0) is 30.3 Å². The molecular formula is C29H25BrF4N2O4S. The molecule has 3 N–H and O–H groups in total. The summed E-state index contributed by atoms with van der Waals surface area (Å²) < 4.78 is 83.3. The number of nitrogens with two attached hydrogens (primary N) is 1. The molecule has 1 aliphatic rings. The number of aryl methyl sites for hydroxylation is 1. The van der Waals surface area contributed by atoms with Crippen molar-refractivity contribution in [3.63, 3.8) is 0 Å². The molecule has 0 bridgehead atoms. The van der Waals surface area contributed by atoms with Crippen molar-refractivity contribution in [3.8, 4) is 0 Å². The molecule has 4 aromatic rings. The van der Waals surface area contributed by atoms with Gasteiger partial charge in [-0.2, -0.15) is 13.2 Å². The Kier molecular flexibility index (Phi) is 8.27. The van der Waals surface area contributed by atoms with Crippen molar-refractivity contribution < 1.29 is 35.5 Å². The van der Waals surface area contributed by atoms with Gasteiger partial charge in [0.05, 0.1) is 16.8 Å². The van der Waals surface area contributed by atoms with Crippen molar-refractivity contribution in [2.24, 2.45) is 5.73 Å². The molecule has 0 aliphatic heterocycles. The zero-order chi connectivity index (χ0) is 29.5. The number of primary amides is 1. The van der Waals surface area contributed by atoms with Gasteiger partial charge in [-0.15, -0.1) is 0 Å². The topological polar surface area (TPSA) is 96.8 Å². The quantitative estimate of drug-likeness (QED) is 0.137. The molecule has 1 unspecified atom stereocenters. The fourth-order valence-corrected chi connectivity index (χ4v) is 6.06. The first kappa shape index (κ1) is 29.3. The van der Waals surface area contributed by atoms with Gasteiger partial charge in [0.25, 0.3) is 17.2 Å². The number of anilines is 1. The SMILES string of the molecule is NC(=O)c1c(Cc2ccc(F)cc2)oc2cc(N(CCCc3ccc(Br)c(C(F)(F)F)c3)S(=O)O)c(C3CC3)cc12. The number of hydrogen-bond acceptors (Lipinski definition) is 3. The summed E-state index contributed by atoms with van der Waals surface area (Å²) in [6, 6.07) is 13.1. The molecule has 1 atom stereocenters. The average Bonchev–Trinajstić information content (AvgIpc) is 3.68. The number of halogens is 5. The highest BCUT2D eigenvalue weighted by Gasteiger charge is 2.34. The van der Waals surface area contributed by atoms with Crippen LogP contribution >= 0.6 is 15.9 Å². The molecule has 41 heavy (non-hydrogen) atoms. The van der Waals surface area contributed by atoms with Gasteiger partial charge < -0.3 is 10.2 Å². The van der Waals surface area contributed by atoms with E-state index >= 15 is 0 Å². The van der Waals surface area contributed by atoms with Crippen LogP contribution in [0.15, 0.2) is 63.5 Å². The van der Waals surface area contributed by atoms with E-state index in [1.165, 1.54) is 22.5 Å². The lowest BCUT2D eigenvalue weighted by molar-refractivity contribution is -0.138. The lowest BCUT2D eigenvalue weighted by Crippen LogP contribution is -2.27. The zero-order valence-electron chi connectivity index (χ0n) is 21.5. The van der Waals surface area contributed by atoms with Crippen LogP contribution in [0.2, 0.25) is 0 Å². The third-order valence-corrected chi connectivity index (χ3v) is 8.52. The lowest BCUT2D eigenvalue weighted by Gasteiger charge is -2.23. The molecule has 216 valence electrons. The fraction of sp³-hybridized carbons (Fsp3) is 0.276. The maximum atomic E-state index is 13.4. The molecule has 0 radical (unpaired) electrons. The number of alkyl halides is 3. The smallest absolute Gasteiger partial charge is 0.417 e. The van der Waals surface area contributed by atoms with Crippen LogP contribution in [0.25, 0.3) is 11.0 Å². The summed E-state index contributed by atoms with van der Waals surface area (Å²) in [6.07, 6.45) is -2.06. The maximum absolute atomic E-state index is 13.4. The molecule has 1 fully saturated rings. The fourth-order valence-electron chi connectivity index (χ4n) is 4.97. The average molecular weight is 653 g/mol. The number of furan rings is 1. The molecule has 5 rings (SSSR count). The molecule has 1 amide bonds. The van der Waals surface area contributed by atoms with E-state index in [1.54, 1.807) is 30.3 Å². The van der Waals surface area contributed by atoms with Gasteiger partial charge in [0, 0.05) is 28.9 Å². The monoisotopic (exact) mass is 652 g/mol. The first-order valence-corrected chi connectivity index (χ1v) is 14.7. The molecule has 1 aromatic heterocycles. The minimum absolute atomic E-state index is 0.0539. The third-order valence-electron chi connectivity index (χ3n) is 7.07. The van der Waals surface area contributed by atoms with Gasteiger partial charge in [0.1, 0.15) is 17.2 Å². The maximum Gasteiger partial charge on any atom is 0.417 e. The number of benzene rings is 3. The number of fused-ring (bicyclic) bond motifs is 1. The predicted molar refractivity (Wildman–Crippen MR) is 151 cm³/mol. The van der Waals surface area contributed by atoms with Gasteiger partial charge in [-0.25, -0.2) is 8.60 Å². The van der Waals surface area contributed by atoms with Crippen LogP contribution in [-0.4, -0.2) is 21.2 Å². The lowest BCUT2D eigenvalue weighted by atomic mass is 10.0. The van der Waals surface area contributed by atoms with Crippen molar-refractivity contribution in [2.45, 2.75) is 44.2 Å². The summed E-state index contributed by atoms with van der Waals surface area (Å²) >= 11 is 0.497. The van der Waals surface area contributed by atoms with E-state index in [-0.39, 0.29) is 35.3 Å². The van der Waals surface area contributed by atoms with E-state index in [0.717, 1.165) is 24.5 Å². The molecule has 1 aliphatic carbocycles. The molecule has 0 saturated heterocycles. The number of amides is 1. The summed E-state index contributed by atoms with van der Waals surface area (Å²) in [5.74, 6) is -0.682. The number of nitrogens with zero attached hydrogens (tertiary/aromatic N) is 1. The number of carbonyl (C=O) groups is 1. The standard InChI is InChI=1S/C29H25BrF4N2O4S/c30-23-10-5-16(12-22(23)29(32,33)34)2-1-11-36(41(38)39)24-15-25-21(14-20(24)18-6-7-18)27(28(35)37)26(40-25)13-17-3-8-19(31)9-4-17/h3-5,8-10,12,14-15,18H,1-2,6-7,11,13H2,(H2,35,37)(H,38,39). The Balaban J connectivity index is 1.46. The summed E-state index contributed by atoms with van der Waals surface area (Å²) in [4.78, 5) is 12.5. The minimum atomic E-state index is -4.51. The molecule has 0 spiro atoms. The number of hydrogen-bond donors (Lipinski definition) is 2. The first-order valence-electron chi connectivity index (χ1n) is 12.8. The van der Waals surface area contributed by atoms with E-state index in [0.29, 0.717) is 40.0 Å². The van der Waals surface area contributed by atoms with Crippen LogP contribution in [0.4, 0.5) is 23.2 Å². The molecule has 3 aromatic carbocycles. The Morgan fingerprint density at radius 2 is 1.78 bits per heavy atom. The van der Waals surface area contributed by atoms with E-state index in [9.17, 15) is 31.1 Å². The second-order valence-corrected chi connectivity index (χ2v) is 11.8. The largest absolute Gasteiger partial charge is 0.460 e. The van der Waals surface area contributed by atoms with E-state index < -0.39 is 34.7 Å². The highest BCUT2D eigenvalue weighted by molar-refractivity contribution is 9.10. The van der Waals surface area contributed by atoms with Crippen molar-refractivity contribution in [1.82, 2.24) is 0 Å². The number of carbonyl (C=O) groups excluding carboxylic acids is 1. The second-order valence-electron chi connectivity index (χ2n) is 10.00. The minimum Gasteiger partial charge on any atom is -0.460 e. The Labute approximate surface area is 244 Å². The van der Waals surface area contributed by atoms with Gasteiger partial charge in [-0.1, -0.05) is 34.1 Å². The molecule has 1 saturated carbocycles. The molecule has 1 heterocycles. The molecule has 6 nitrogen and oxygen atoms in total. The van der Waals surface area contributed by atoms with E-state index in [4.69, 9.17) is 10.2 Å². The Bertz CT molecular complexity index is 1630. The summed E-state index contributed by atoms with van der Waals surface area (Å²) in [5, 5.41) is 0.485. The van der Waals surface area contributed by atoms with Crippen LogP contribution in [0.1, 0.15) is 63.6 Å². The van der Waals surface area contributed by atoms with Crippen LogP contribution in [0, 0.1) is 5.82 Å². The second kappa shape index (κ2) is 11.6.